The Balaban J connectivity index is 2.21. The Morgan fingerprint density at radius 1 is 1.25 bits per heavy atom. The average molecular weight is 326 g/mol. The average Bonchev–Trinajstić information content (AvgIpc) is 2.78. The van der Waals surface area contributed by atoms with Crippen LogP contribution in [0, 0.1) is 0 Å². The van der Waals surface area contributed by atoms with Gasteiger partial charge >= 0.3 is 12.2 Å². The summed E-state index contributed by atoms with van der Waals surface area (Å²) in [6, 6.07) is 3.38. The van der Waals surface area contributed by atoms with Crippen molar-refractivity contribution in [1.82, 2.24) is 10.2 Å². The van der Waals surface area contributed by atoms with Crippen molar-refractivity contribution >= 4 is 34.9 Å². The Hall–Kier alpha value is -1.47. The van der Waals surface area contributed by atoms with Crippen LogP contribution in [0.15, 0.2) is 22.6 Å². The lowest BCUT2D eigenvalue weighted by Crippen LogP contribution is -2.06. The summed E-state index contributed by atoms with van der Waals surface area (Å²) in [6.07, 6.45) is -4.15. The predicted octanol–water partition coefficient (Wildman–Crippen LogP) is 4.27. The molecule has 0 fully saturated rings. The number of benzene rings is 1. The molecule has 108 valence electrons. The van der Waals surface area contributed by atoms with Gasteiger partial charge in [0.15, 0.2) is 0 Å². The van der Waals surface area contributed by atoms with Gasteiger partial charge in [-0.2, -0.15) is 13.2 Å². The lowest BCUT2D eigenvalue weighted by Gasteiger charge is -2.10. The number of aromatic nitrogens is 2. The smallest absolute Gasteiger partial charge is 0.408 e. The summed E-state index contributed by atoms with van der Waals surface area (Å²) in [5, 5.41) is 9.52. The molecule has 0 radical (unpaired) electrons. The summed E-state index contributed by atoms with van der Waals surface area (Å²) in [4.78, 5) is 0. The highest BCUT2D eigenvalue weighted by Gasteiger charge is 2.33. The molecule has 1 aromatic carbocycles. The second-order valence-electron chi connectivity index (χ2n) is 3.76. The minimum atomic E-state index is -4.53. The van der Waals surface area contributed by atoms with Gasteiger partial charge in [0.1, 0.15) is 0 Å². The van der Waals surface area contributed by atoms with Crippen LogP contribution in [-0.2, 0) is 12.6 Å². The first kappa shape index (κ1) is 14.9. The molecule has 0 unspecified atom stereocenters. The van der Waals surface area contributed by atoms with Gasteiger partial charge in [0.05, 0.1) is 10.6 Å². The van der Waals surface area contributed by atoms with Crippen LogP contribution in [0.5, 0.6) is 0 Å². The zero-order chi connectivity index (χ0) is 14.8. The lowest BCUT2D eigenvalue weighted by atomic mass is 10.2. The van der Waals surface area contributed by atoms with Crippen molar-refractivity contribution in [1.29, 1.82) is 0 Å². The third kappa shape index (κ3) is 3.55. The molecule has 20 heavy (non-hydrogen) atoms. The van der Waals surface area contributed by atoms with Crippen LogP contribution in [-0.4, -0.2) is 16.1 Å². The second kappa shape index (κ2) is 5.88. The Kier molecular flexibility index (Phi) is 4.39. The van der Waals surface area contributed by atoms with Crippen molar-refractivity contribution in [2.24, 2.45) is 0 Å². The van der Waals surface area contributed by atoms with E-state index < -0.39 is 11.7 Å². The number of rotatable bonds is 4. The molecule has 0 saturated carbocycles. The number of halogens is 5. The first-order valence-corrected chi connectivity index (χ1v) is 6.33. The second-order valence-corrected chi connectivity index (χ2v) is 4.54. The molecule has 2 rings (SSSR count). The quantitative estimate of drug-likeness (QED) is 0.853. The maximum atomic E-state index is 12.7. The van der Waals surface area contributed by atoms with E-state index in [1.807, 2.05) is 0 Å². The van der Waals surface area contributed by atoms with Crippen LogP contribution in [0.25, 0.3) is 0 Å². The highest BCUT2D eigenvalue weighted by Crippen LogP contribution is 2.36. The van der Waals surface area contributed by atoms with Gasteiger partial charge in [-0.15, -0.1) is 16.7 Å². The van der Waals surface area contributed by atoms with Gasteiger partial charge in [0, 0.05) is 18.0 Å². The first-order valence-electron chi connectivity index (χ1n) is 5.42. The zero-order valence-corrected chi connectivity index (χ0v) is 11.4. The van der Waals surface area contributed by atoms with Crippen molar-refractivity contribution in [3.05, 3.63) is 34.7 Å². The molecule has 0 saturated heterocycles. The molecule has 1 N–H and O–H groups in total. The normalized spacial score (nSPS) is 11.7. The third-order valence-electron chi connectivity index (χ3n) is 2.30. The third-order valence-corrected chi connectivity index (χ3v) is 2.82. The number of hydrogen-bond donors (Lipinski definition) is 1. The minimum Gasteiger partial charge on any atom is -0.408 e. The Labute approximate surface area is 121 Å². The molecule has 9 heteroatoms. The molecule has 0 amide bonds. The van der Waals surface area contributed by atoms with E-state index >= 15 is 0 Å². The molecule has 0 aliphatic rings. The summed E-state index contributed by atoms with van der Waals surface area (Å²) < 4.78 is 43.2. The highest BCUT2D eigenvalue weighted by molar-refractivity contribution is 6.31. The molecule has 0 bridgehead atoms. The predicted molar refractivity (Wildman–Crippen MR) is 68.5 cm³/mol. The van der Waals surface area contributed by atoms with Gasteiger partial charge in [-0.25, -0.2) is 0 Å². The topological polar surface area (TPSA) is 51.0 Å². The van der Waals surface area contributed by atoms with Crippen molar-refractivity contribution in [2.75, 3.05) is 11.2 Å². The lowest BCUT2D eigenvalue weighted by molar-refractivity contribution is -0.137. The summed E-state index contributed by atoms with van der Waals surface area (Å²) >= 11 is 11.0. The fourth-order valence-electron chi connectivity index (χ4n) is 1.43. The maximum Gasteiger partial charge on any atom is 0.417 e. The van der Waals surface area contributed by atoms with E-state index in [4.69, 9.17) is 27.6 Å². The van der Waals surface area contributed by atoms with Crippen LogP contribution in [0.4, 0.5) is 24.9 Å². The first-order chi connectivity index (χ1) is 9.40. The van der Waals surface area contributed by atoms with E-state index in [0.717, 1.165) is 12.1 Å². The number of nitrogens with zero attached hydrogens (tertiary/aromatic N) is 2. The van der Waals surface area contributed by atoms with Gasteiger partial charge in [0.25, 0.3) is 0 Å². The SMILES string of the molecule is FC(F)(F)c1cc(Nc2nnc(CCCl)o2)ccc1Cl. The van der Waals surface area contributed by atoms with E-state index in [1.165, 1.54) is 6.07 Å². The molecule has 1 aromatic heterocycles. The summed E-state index contributed by atoms with van der Waals surface area (Å²) in [5.74, 6) is 0.605. The monoisotopic (exact) mass is 325 g/mol. The molecule has 2 aromatic rings. The van der Waals surface area contributed by atoms with Crippen molar-refractivity contribution < 1.29 is 17.6 Å². The number of anilines is 2. The van der Waals surface area contributed by atoms with E-state index in [0.29, 0.717) is 18.2 Å². The van der Waals surface area contributed by atoms with Crippen LogP contribution >= 0.6 is 23.2 Å². The number of aryl methyl sites for hydroxylation is 1. The zero-order valence-electron chi connectivity index (χ0n) is 9.84. The summed E-state index contributed by atoms with van der Waals surface area (Å²) in [5.41, 5.74) is -0.799. The van der Waals surface area contributed by atoms with Crippen molar-refractivity contribution in [2.45, 2.75) is 12.6 Å². The Morgan fingerprint density at radius 3 is 2.65 bits per heavy atom. The molecule has 0 aliphatic heterocycles. The van der Waals surface area contributed by atoms with Gasteiger partial charge in [-0.3, -0.25) is 0 Å². The van der Waals surface area contributed by atoms with Crippen LogP contribution in [0.3, 0.4) is 0 Å². The highest BCUT2D eigenvalue weighted by atomic mass is 35.5. The molecular weight excluding hydrogens is 318 g/mol. The fraction of sp³-hybridized carbons (Fsp3) is 0.273. The molecule has 1 heterocycles. The standard InChI is InChI=1S/C11H8Cl2F3N3O/c12-4-3-9-18-19-10(20-9)17-6-1-2-8(13)7(5-6)11(14,15)16/h1-2,5H,3-4H2,(H,17,19). The van der Waals surface area contributed by atoms with Crippen molar-refractivity contribution in [3.63, 3.8) is 0 Å². The van der Waals surface area contributed by atoms with E-state index in [1.54, 1.807) is 0 Å². The van der Waals surface area contributed by atoms with Gasteiger partial charge < -0.3 is 9.73 Å². The van der Waals surface area contributed by atoms with E-state index in [2.05, 4.69) is 15.5 Å². The van der Waals surface area contributed by atoms with Crippen LogP contribution in [0.2, 0.25) is 5.02 Å². The Bertz CT molecular complexity index is 601. The molecule has 0 aliphatic carbocycles. The minimum absolute atomic E-state index is 0.0134. The largest absolute Gasteiger partial charge is 0.417 e. The molecular formula is C11H8Cl2F3N3O. The Morgan fingerprint density at radius 2 is 2.00 bits per heavy atom. The van der Waals surface area contributed by atoms with Gasteiger partial charge in [0.2, 0.25) is 5.89 Å². The van der Waals surface area contributed by atoms with E-state index in [9.17, 15) is 13.2 Å². The molecule has 0 atom stereocenters. The maximum absolute atomic E-state index is 12.7. The van der Waals surface area contributed by atoms with Gasteiger partial charge in [-0.1, -0.05) is 16.7 Å². The number of hydrogen-bond acceptors (Lipinski definition) is 4. The summed E-state index contributed by atoms with van der Waals surface area (Å²) in [6.45, 7) is 0. The molecule has 4 nitrogen and oxygen atoms in total. The molecule has 0 spiro atoms. The number of alkyl halides is 4. The fourth-order valence-corrected chi connectivity index (χ4v) is 1.82. The van der Waals surface area contributed by atoms with Crippen LogP contribution in [0.1, 0.15) is 11.5 Å². The number of nitrogens with one attached hydrogen (secondary N) is 1. The van der Waals surface area contributed by atoms with Gasteiger partial charge in [-0.05, 0) is 18.2 Å². The summed E-state index contributed by atoms with van der Waals surface area (Å²) in [7, 11) is 0. The van der Waals surface area contributed by atoms with Crippen LogP contribution < -0.4 is 5.32 Å². The van der Waals surface area contributed by atoms with Crippen molar-refractivity contribution in [3.8, 4) is 0 Å². The van der Waals surface area contributed by atoms with E-state index in [-0.39, 0.29) is 16.7 Å².